The molecule has 3 aromatic heterocycles. The van der Waals surface area contributed by atoms with Gasteiger partial charge in [0.15, 0.2) is 0 Å². The fourth-order valence-corrected chi connectivity index (χ4v) is 8.72. The van der Waals surface area contributed by atoms with E-state index in [-0.39, 0.29) is 0 Å². The summed E-state index contributed by atoms with van der Waals surface area (Å²) in [5.41, 5.74) is 13.3. The number of nitrogens with zero attached hydrogens (tertiary/aromatic N) is 3. The summed E-state index contributed by atoms with van der Waals surface area (Å²) in [5, 5.41) is 2.38. The molecular formula is C48H31N3S. The zero-order valence-corrected chi connectivity index (χ0v) is 29.0. The quantitative estimate of drug-likeness (QED) is 0.175. The minimum atomic E-state index is 0.931. The molecule has 244 valence electrons. The average molecular weight is 682 g/mol. The highest BCUT2D eigenvalue weighted by Gasteiger charge is 2.22. The number of para-hydroxylation sites is 4. The van der Waals surface area contributed by atoms with E-state index in [9.17, 15) is 0 Å². The highest BCUT2D eigenvalue weighted by Crippen LogP contribution is 2.50. The first-order valence-corrected chi connectivity index (χ1v) is 18.3. The third-order valence-corrected chi connectivity index (χ3v) is 11.1. The van der Waals surface area contributed by atoms with E-state index < -0.39 is 0 Å². The van der Waals surface area contributed by atoms with Crippen molar-refractivity contribution in [3.8, 4) is 61.0 Å². The molecule has 0 atom stereocenters. The molecule has 0 aliphatic heterocycles. The molecule has 0 saturated heterocycles. The van der Waals surface area contributed by atoms with Crippen LogP contribution >= 0.6 is 11.3 Å². The van der Waals surface area contributed by atoms with Gasteiger partial charge in [-0.25, -0.2) is 9.97 Å². The normalized spacial score (nSPS) is 11.5. The summed E-state index contributed by atoms with van der Waals surface area (Å²) in [6.07, 6.45) is 0. The summed E-state index contributed by atoms with van der Waals surface area (Å²) in [7, 11) is 0. The van der Waals surface area contributed by atoms with Crippen molar-refractivity contribution in [2.24, 2.45) is 0 Å². The second kappa shape index (κ2) is 12.6. The number of benzene rings is 7. The Morgan fingerprint density at radius 3 is 1.63 bits per heavy atom. The van der Waals surface area contributed by atoms with Gasteiger partial charge in [0.1, 0.15) is 5.82 Å². The summed E-state index contributed by atoms with van der Waals surface area (Å²) in [5.74, 6) is 0.931. The average Bonchev–Trinajstić information content (AvgIpc) is 3.82. The molecule has 52 heavy (non-hydrogen) atoms. The second-order valence-electron chi connectivity index (χ2n) is 13.0. The molecule has 10 rings (SSSR count). The molecule has 10 aromatic rings. The van der Waals surface area contributed by atoms with Crippen molar-refractivity contribution in [2.75, 3.05) is 0 Å². The molecular weight excluding hydrogens is 651 g/mol. The van der Waals surface area contributed by atoms with Gasteiger partial charge in [-0.3, -0.25) is 4.57 Å². The van der Waals surface area contributed by atoms with Crippen LogP contribution in [0.1, 0.15) is 0 Å². The lowest BCUT2D eigenvalue weighted by molar-refractivity contribution is 1.10. The number of rotatable bonds is 6. The Morgan fingerprint density at radius 2 is 0.942 bits per heavy atom. The van der Waals surface area contributed by atoms with Gasteiger partial charge in [-0.15, -0.1) is 11.3 Å². The maximum absolute atomic E-state index is 5.36. The fraction of sp³-hybridized carbons (Fsp3) is 0. The van der Waals surface area contributed by atoms with Crippen molar-refractivity contribution in [1.29, 1.82) is 0 Å². The number of imidazole rings is 1. The summed E-state index contributed by atoms with van der Waals surface area (Å²) >= 11 is 1.86. The zero-order chi connectivity index (χ0) is 34.4. The second-order valence-corrected chi connectivity index (χ2v) is 14.0. The summed E-state index contributed by atoms with van der Waals surface area (Å²) < 4.78 is 3.51. The van der Waals surface area contributed by atoms with Crippen molar-refractivity contribution < 1.29 is 0 Å². The van der Waals surface area contributed by atoms with Crippen LogP contribution < -0.4 is 0 Å². The van der Waals surface area contributed by atoms with Crippen molar-refractivity contribution >= 4 is 43.4 Å². The molecule has 3 heterocycles. The Hall–Kier alpha value is -6.62. The number of pyridine rings is 1. The molecule has 0 bridgehead atoms. The predicted octanol–water partition coefficient (Wildman–Crippen LogP) is 13.1. The number of hydrogen-bond donors (Lipinski definition) is 0. The van der Waals surface area contributed by atoms with E-state index in [4.69, 9.17) is 9.97 Å². The fourth-order valence-electron chi connectivity index (χ4n) is 7.36. The maximum atomic E-state index is 5.36. The summed E-state index contributed by atoms with van der Waals surface area (Å²) in [6, 6.07) is 66.5. The molecule has 0 aliphatic carbocycles. The van der Waals surface area contributed by atoms with Crippen LogP contribution in [0.3, 0.4) is 0 Å². The van der Waals surface area contributed by atoms with Gasteiger partial charge in [-0.1, -0.05) is 158 Å². The molecule has 0 radical (unpaired) electrons. The minimum Gasteiger partial charge on any atom is -0.292 e. The van der Waals surface area contributed by atoms with Crippen molar-refractivity contribution in [3.63, 3.8) is 0 Å². The highest BCUT2D eigenvalue weighted by atomic mass is 32.1. The van der Waals surface area contributed by atoms with Crippen LogP contribution in [-0.4, -0.2) is 14.5 Å². The lowest BCUT2D eigenvalue weighted by atomic mass is 9.94. The van der Waals surface area contributed by atoms with E-state index in [0.29, 0.717) is 0 Å². The smallest absolute Gasteiger partial charge is 0.145 e. The summed E-state index contributed by atoms with van der Waals surface area (Å²) in [4.78, 5) is 11.7. The van der Waals surface area contributed by atoms with Crippen LogP contribution in [0.5, 0.6) is 0 Å². The van der Waals surface area contributed by atoms with Gasteiger partial charge in [0, 0.05) is 42.7 Å². The third kappa shape index (κ3) is 5.12. The molecule has 4 heteroatoms. The standard InChI is InChI=1S/C48H31N3S/c1-4-14-34(15-5-1)43-44-45(49-40-21-11-10-20-39(40)47(44)52-46(43)36-16-6-2-7-17-36)35-28-24-32(25-29-35)33-26-30-37(31-27-33)48-50-41-22-12-13-23-42(41)51(48)38-18-8-3-9-19-38/h1-31H. The molecule has 0 fully saturated rings. The Morgan fingerprint density at radius 1 is 0.404 bits per heavy atom. The minimum absolute atomic E-state index is 0.931. The van der Waals surface area contributed by atoms with E-state index in [2.05, 4.69) is 180 Å². The van der Waals surface area contributed by atoms with E-state index in [1.165, 1.54) is 37.0 Å². The number of hydrogen-bond acceptors (Lipinski definition) is 3. The molecule has 0 aliphatic rings. The number of fused-ring (bicyclic) bond motifs is 4. The lowest BCUT2D eigenvalue weighted by Crippen LogP contribution is -1.97. The molecule has 0 saturated carbocycles. The van der Waals surface area contributed by atoms with E-state index in [1.807, 2.05) is 23.5 Å². The Kier molecular flexibility index (Phi) is 7.33. The van der Waals surface area contributed by atoms with Crippen molar-refractivity contribution in [2.45, 2.75) is 0 Å². The number of thiophene rings is 1. The largest absolute Gasteiger partial charge is 0.292 e. The van der Waals surface area contributed by atoms with Crippen LogP contribution in [-0.2, 0) is 0 Å². The van der Waals surface area contributed by atoms with E-state index in [1.54, 1.807) is 0 Å². The van der Waals surface area contributed by atoms with Gasteiger partial charge < -0.3 is 0 Å². The van der Waals surface area contributed by atoms with Gasteiger partial charge in [0.05, 0.1) is 22.2 Å². The monoisotopic (exact) mass is 681 g/mol. The van der Waals surface area contributed by atoms with E-state index >= 15 is 0 Å². The van der Waals surface area contributed by atoms with Crippen LogP contribution in [0.25, 0.3) is 93.0 Å². The van der Waals surface area contributed by atoms with E-state index in [0.717, 1.165) is 56.0 Å². The van der Waals surface area contributed by atoms with Gasteiger partial charge in [0.2, 0.25) is 0 Å². The van der Waals surface area contributed by atoms with Gasteiger partial charge >= 0.3 is 0 Å². The third-order valence-electron chi connectivity index (χ3n) is 9.83. The van der Waals surface area contributed by atoms with Crippen LogP contribution in [0, 0.1) is 0 Å². The van der Waals surface area contributed by atoms with Gasteiger partial charge in [-0.05, 0) is 52.6 Å². The van der Waals surface area contributed by atoms with Crippen LogP contribution in [0.15, 0.2) is 188 Å². The first kappa shape index (κ1) is 30.2. The van der Waals surface area contributed by atoms with Crippen molar-refractivity contribution in [3.05, 3.63) is 188 Å². The van der Waals surface area contributed by atoms with Crippen LogP contribution in [0.2, 0.25) is 0 Å². The molecule has 0 amide bonds. The molecule has 0 N–H and O–H groups in total. The van der Waals surface area contributed by atoms with Crippen LogP contribution in [0.4, 0.5) is 0 Å². The van der Waals surface area contributed by atoms with Crippen molar-refractivity contribution in [1.82, 2.24) is 14.5 Å². The SMILES string of the molecule is c1ccc(-c2sc3c(c(-c4ccc(-c5ccc(-c6nc7ccccc7n6-c6ccccc6)cc5)cc4)nc4ccccc43)c2-c2ccccc2)cc1. The highest BCUT2D eigenvalue weighted by molar-refractivity contribution is 7.24. The lowest BCUT2D eigenvalue weighted by Gasteiger charge is -2.12. The topological polar surface area (TPSA) is 30.7 Å². The zero-order valence-electron chi connectivity index (χ0n) is 28.1. The summed E-state index contributed by atoms with van der Waals surface area (Å²) in [6.45, 7) is 0. The Labute approximate surface area is 305 Å². The molecule has 0 unspecified atom stereocenters. The Bertz CT molecular complexity index is 2850. The Balaban J connectivity index is 1.08. The van der Waals surface area contributed by atoms with Gasteiger partial charge in [-0.2, -0.15) is 0 Å². The first-order valence-electron chi connectivity index (χ1n) is 17.5. The molecule has 7 aromatic carbocycles. The maximum Gasteiger partial charge on any atom is 0.145 e. The predicted molar refractivity (Wildman–Crippen MR) is 219 cm³/mol. The molecule has 0 spiro atoms. The van der Waals surface area contributed by atoms with Gasteiger partial charge in [0.25, 0.3) is 0 Å². The molecule has 3 nitrogen and oxygen atoms in total. The number of aromatic nitrogens is 3. The first-order chi connectivity index (χ1) is 25.8.